The van der Waals surface area contributed by atoms with Crippen LogP contribution in [0.3, 0.4) is 0 Å². The van der Waals surface area contributed by atoms with Crippen molar-refractivity contribution in [2.45, 2.75) is 92.1 Å². The number of aryl methyl sites for hydroxylation is 3. The second kappa shape index (κ2) is 12.5. The Morgan fingerprint density at radius 3 is 2.22 bits per heavy atom. The summed E-state index contributed by atoms with van der Waals surface area (Å²) in [6, 6.07) is 13.4. The summed E-state index contributed by atoms with van der Waals surface area (Å²) >= 11 is 0. The van der Waals surface area contributed by atoms with Gasteiger partial charge in [-0.05, 0) is 89.3 Å². The van der Waals surface area contributed by atoms with Crippen LogP contribution < -0.4 is 4.74 Å². The van der Waals surface area contributed by atoms with E-state index in [1.54, 1.807) is 0 Å². The fourth-order valence-electron chi connectivity index (χ4n) is 4.85. The van der Waals surface area contributed by atoms with Gasteiger partial charge in [-0.1, -0.05) is 77.1 Å². The molecule has 1 aromatic heterocycles. The van der Waals surface area contributed by atoms with E-state index in [4.69, 9.17) is 4.74 Å². The van der Waals surface area contributed by atoms with E-state index >= 15 is 0 Å². The third-order valence-electron chi connectivity index (χ3n) is 7.56. The minimum atomic E-state index is -0.480. The highest BCUT2D eigenvalue weighted by atomic mass is 16.5. The molecular formula is C31H44N4O2. The number of H-pyrrole nitrogens is 1. The van der Waals surface area contributed by atoms with Crippen LogP contribution in [0.4, 0.5) is 0 Å². The molecule has 1 heterocycles. The van der Waals surface area contributed by atoms with Crippen molar-refractivity contribution >= 4 is 6.08 Å². The minimum Gasteiger partial charge on any atom is -0.493 e. The predicted octanol–water partition coefficient (Wildman–Crippen LogP) is 6.74. The lowest BCUT2D eigenvalue weighted by molar-refractivity contribution is 0.106. The van der Waals surface area contributed by atoms with E-state index in [-0.39, 0.29) is 10.8 Å². The molecule has 0 saturated carbocycles. The monoisotopic (exact) mass is 504 g/mol. The average molecular weight is 505 g/mol. The number of hydrogen-bond donors (Lipinski definition) is 2. The third kappa shape index (κ3) is 7.07. The molecule has 0 fully saturated rings. The first-order chi connectivity index (χ1) is 17.6. The van der Waals surface area contributed by atoms with E-state index in [1.807, 2.05) is 32.9 Å². The number of aromatic nitrogens is 4. The Morgan fingerprint density at radius 2 is 1.65 bits per heavy atom. The summed E-state index contributed by atoms with van der Waals surface area (Å²) < 4.78 is 6.11. The number of rotatable bonds is 12. The van der Waals surface area contributed by atoms with Gasteiger partial charge in [0.25, 0.3) is 0 Å². The number of aliphatic hydroxyl groups is 1. The number of aromatic amines is 1. The van der Waals surface area contributed by atoms with Crippen LogP contribution in [0.15, 0.2) is 42.5 Å². The highest BCUT2D eigenvalue weighted by molar-refractivity contribution is 5.57. The Labute approximate surface area is 222 Å². The number of nitrogens with zero attached hydrogens (tertiary/aromatic N) is 3. The molecule has 6 heteroatoms. The van der Waals surface area contributed by atoms with Crippen LogP contribution in [-0.2, 0) is 11.8 Å². The highest BCUT2D eigenvalue weighted by Gasteiger charge is 2.31. The fraction of sp³-hybridized carbons (Fsp3) is 0.516. The van der Waals surface area contributed by atoms with E-state index < -0.39 is 6.10 Å². The van der Waals surface area contributed by atoms with Gasteiger partial charge in [-0.2, -0.15) is 0 Å². The van der Waals surface area contributed by atoms with Crippen LogP contribution in [0.1, 0.15) is 93.9 Å². The molecule has 3 rings (SSSR count). The molecule has 2 N–H and O–H groups in total. The first-order valence-electron chi connectivity index (χ1n) is 13.5. The Balaban J connectivity index is 1.74. The number of unbranched alkanes of at least 4 members (excludes halogenated alkanes) is 1. The van der Waals surface area contributed by atoms with E-state index in [2.05, 4.69) is 84.7 Å². The van der Waals surface area contributed by atoms with Crippen molar-refractivity contribution in [1.29, 1.82) is 0 Å². The summed E-state index contributed by atoms with van der Waals surface area (Å²) in [5.74, 6) is 1.76. The smallest absolute Gasteiger partial charge is 0.148 e. The first kappa shape index (κ1) is 28.6. The molecule has 200 valence electrons. The van der Waals surface area contributed by atoms with Crippen LogP contribution in [-0.4, -0.2) is 38.4 Å². The molecule has 1 unspecified atom stereocenters. The van der Waals surface area contributed by atoms with E-state index in [9.17, 15) is 5.11 Å². The number of ether oxygens (including phenoxy) is 1. The van der Waals surface area contributed by atoms with E-state index in [1.165, 1.54) is 16.7 Å². The number of aliphatic hydroxyl groups excluding tert-OH is 1. The normalized spacial score (nSPS) is 13.3. The Morgan fingerprint density at radius 1 is 0.973 bits per heavy atom. The van der Waals surface area contributed by atoms with Gasteiger partial charge in [-0.25, -0.2) is 5.10 Å². The molecule has 2 aromatic carbocycles. The largest absolute Gasteiger partial charge is 0.493 e. The van der Waals surface area contributed by atoms with E-state index in [0.717, 1.165) is 54.8 Å². The quantitative estimate of drug-likeness (QED) is 0.267. The Hall–Kier alpha value is -2.99. The topological polar surface area (TPSA) is 83.9 Å². The van der Waals surface area contributed by atoms with Crippen molar-refractivity contribution in [1.82, 2.24) is 20.6 Å². The number of nitrogens with one attached hydrogen (secondary N) is 1. The van der Waals surface area contributed by atoms with Crippen LogP contribution in [0.5, 0.6) is 5.75 Å². The zero-order chi connectivity index (χ0) is 27.1. The zero-order valence-corrected chi connectivity index (χ0v) is 23.6. The zero-order valence-electron chi connectivity index (χ0n) is 23.6. The van der Waals surface area contributed by atoms with Gasteiger partial charge < -0.3 is 9.84 Å². The minimum absolute atomic E-state index is 0.0632. The summed E-state index contributed by atoms with van der Waals surface area (Å²) in [7, 11) is 0. The molecule has 0 bridgehead atoms. The van der Waals surface area contributed by atoms with Gasteiger partial charge in [-0.3, -0.25) is 0 Å². The first-order valence-corrected chi connectivity index (χ1v) is 13.5. The predicted molar refractivity (Wildman–Crippen MR) is 151 cm³/mol. The molecule has 0 spiro atoms. The van der Waals surface area contributed by atoms with Crippen LogP contribution in [0, 0.1) is 19.3 Å². The highest BCUT2D eigenvalue weighted by Crippen LogP contribution is 2.41. The van der Waals surface area contributed by atoms with Crippen molar-refractivity contribution in [3.05, 3.63) is 76.1 Å². The molecule has 37 heavy (non-hydrogen) atoms. The lowest BCUT2D eigenvalue weighted by Crippen LogP contribution is -2.26. The van der Waals surface area contributed by atoms with Crippen molar-refractivity contribution in [3.8, 4) is 5.75 Å². The number of benzene rings is 2. The van der Waals surface area contributed by atoms with Gasteiger partial charge in [0.05, 0.1) is 12.7 Å². The maximum Gasteiger partial charge on any atom is 0.148 e. The lowest BCUT2D eigenvalue weighted by Gasteiger charge is -2.34. The summed E-state index contributed by atoms with van der Waals surface area (Å²) in [6.45, 7) is 15.7. The second-order valence-electron chi connectivity index (χ2n) is 11.2. The van der Waals surface area contributed by atoms with Crippen molar-refractivity contribution in [3.63, 3.8) is 0 Å². The SMILES string of the molecule is CCC(CC)(c1ccc(/C=C/C(O)C(C)(C)C)c(C)c1)c1ccc(OCCCCc2nnn[nH]2)c(C)c1. The summed E-state index contributed by atoms with van der Waals surface area (Å²) in [4.78, 5) is 0. The van der Waals surface area contributed by atoms with Crippen LogP contribution in [0.2, 0.25) is 0 Å². The fourth-order valence-corrected chi connectivity index (χ4v) is 4.85. The van der Waals surface area contributed by atoms with Gasteiger partial charge in [0.15, 0.2) is 0 Å². The van der Waals surface area contributed by atoms with Crippen LogP contribution in [0.25, 0.3) is 6.08 Å². The standard InChI is InChI=1S/C31H44N4O2/c1-8-31(9-2,25-15-13-24(22(3)20-25)14-18-28(36)30(5,6)7)26-16-17-27(23(4)21-26)37-19-11-10-12-29-32-34-35-33-29/h13-18,20-21,28,36H,8-12,19H2,1-7H3,(H,32,33,34,35)/b18-14+. The number of hydrogen-bond acceptors (Lipinski definition) is 5. The molecule has 0 amide bonds. The van der Waals surface area contributed by atoms with Gasteiger partial charge in [-0.15, -0.1) is 5.10 Å². The second-order valence-corrected chi connectivity index (χ2v) is 11.2. The maximum absolute atomic E-state index is 10.4. The molecule has 6 nitrogen and oxygen atoms in total. The van der Waals surface area contributed by atoms with Crippen molar-refractivity contribution in [2.75, 3.05) is 6.61 Å². The average Bonchev–Trinajstić information content (AvgIpc) is 3.38. The molecule has 0 radical (unpaired) electrons. The molecular weight excluding hydrogens is 460 g/mol. The maximum atomic E-state index is 10.4. The summed E-state index contributed by atoms with van der Waals surface area (Å²) in [5.41, 5.74) is 5.95. The van der Waals surface area contributed by atoms with Crippen molar-refractivity contribution < 1.29 is 9.84 Å². The van der Waals surface area contributed by atoms with Crippen molar-refractivity contribution in [2.24, 2.45) is 5.41 Å². The van der Waals surface area contributed by atoms with Gasteiger partial charge in [0, 0.05) is 11.8 Å². The van der Waals surface area contributed by atoms with Crippen LogP contribution >= 0.6 is 0 Å². The lowest BCUT2D eigenvalue weighted by atomic mass is 9.70. The number of tetrazole rings is 1. The van der Waals surface area contributed by atoms with Gasteiger partial charge in [0.2, 0.25) is 0 Å². The molecule has 0 saturated heterocycles. The third-order valence-corrected chi connectivity index (χ3v) is 7.56. The van der Waals surface area contributed by atoms with Gasteiger partial charge in [0.1, 0.15) is 11.6 Å². The molecule has 1 atom stereocenters. The molecule has 0 aliphatic heterocycles. The molecule has 0 aliphatic carbocycles. The summed E-state index contributed by atoms with van der Waals surface area (Å²) in [5, 5.41) is 24.4. The molecule has 0 aliphatic rings. The molecule has 3 aromatic rings. The van der Waals surface area contributed by atoms with E-state index in [0.29, 0.717) is 6.61 Å². The van der Waals surface area contributed by atoms with Gasteiger partial charge >= 0.3 is 0 Å². The Bertz CT molecular complexity index is 1160. The summed E-state index contributed by atoms with van der Waals surface area (Å²) in [6.07, 6.45) is 8.25. The Kier molecular flexibility index (Phi) is 9.66.